The minimum atomic E-state index is 0.298. The summed E-state index contributed by atoms with van der Waals surface area (Å²) in [6.45, 7) is 14.6. The van der Waals surface area contributed by atoms with Crippen molar-refractivity contribution in [2.45, 2.75) is 78.7 Å². The zero-order chi connectivity index (χ0) is 15.2. The van der Waals surface area contributed by atoms with Gasteiger partial charge in [-0.15, -0.1) is 0 Å². The first kappa shape index (κ1) is 17.2. The topological polar surface area (TPSA) is 12.0 Å². The van der Waals surface area contributed by atoms with E-state index in [1.807, 2.05) is 0 Å². The molecule has 0 aliphatic rings. The summed E-state index contributed by atoms with van der Waals surface area (Å²) >= 11 is 0. The highest BCUT2D eigenvalue weighted by atomic mass is 14.9. The maximum atomic E-state index is 3.69. The lowest BCUT2D eigenvalue weighted by Crippen LogP contribution is -2.41. The van der Waals surface area contributed by atoms with E-state index in [1.165, 1.54) is 42.4 Å². The number of nitrogens with one attached hydrogen (secondary N) is 1. The predicted octanol–water partition coefficient (Wildman–Crippen LogP) is 5.14. The van der Waals surface area contributed by atoms with E-state index in [4.69, 9.17) is 0 Å². The highest BCUT2D eigenvalue weighted by Gasteiger charge is 2.30. The van der Waals surface area contributed by atoms with Gasteiger partial charge in [0.2, 0.25) is 0 Å². The first-order valence-corrected chi connectivity index (χ1v) is 8.26. The fourth-order valence-electron chi connectivity index (χ4n) is 3.12. The van der Waals surface area contributed by atoms with Crippen molar-refractivity contribution in [1.29, 1.82) is 0 Å². The van der Waals surface area contributed by atoms with Gasteiger partial charge < -0.3 is 5.32 Å². The van der Waals surface area contributed by atoms with Crippen LogP contribution in [0.1, 0.15) is 70.1 Å². The second kappa shape index (κ2) is 7.83. The molecule has 0 radical (unpaired) electrons. The molecule has 20 heavy (non-hydrogen) atoms. The molecule has 1 aromatic rings. The molecule has 0 bridgehead atoms. The SMILES string of the molecule is CCCC(CCC)(CNC(C)C)c1ccc(C)c(C)c1. The average Bonchev–Trinajstić information content (AvgIpc) is 2.39. The number of aryl methyl sites for hydroxylation is 2. The second-order valence-electron chi connectivity index (χ2n) is 6.61. The van der Waals surface area contributed by atoms with Gasteiger partial charge >= 0.3 is 0 Å². The van der Waals surface area contributed by atoms with Gasteiger partial charge in [0.25, 0.3) is 0 Å². The summed E-state index contributed by atoms with van der Waals surface area (Å²) in [5.41, 5.74) is 4.64. The van der Waals surface area contributed by atoms with Gasteiger partial charge in [0.15, 0.2) is 0 Å². The Labute approximate surface area is 126 Å². The lowest BCUT2D eigenvalue weighted by Gasteiger charge is -2.36. The van der Waals surface area contributed by atoms with E-state index in [-0.39, 0.29) is 0 Å². The van der Waals surface area contributed by atoms with E-state index in [1.54, 1.807) is 0 Å². The fourth-order valence-corrected chi connectivity index (χ4v) is 3.12. The predicted molar refractivity (Wildman–Crippen MR) is 90.5 cm³/mol. The summed E-state index contributed by atoms with van der Waals surface area (Å²) in [5.74, 6) is 0. The van der Waals surface area contributed by atoms with Crippen molar-refractivity contribution in [3.05, 3.63) is 34.9 Å². The zero-order valence-electron chi connectivity index (χ0n) is 14.3. The average molecular weight is 275 g/mol. The molecule has 0 aromatic heterocycles. The molecule has 1 aromatic carbocycles. The molecule has 0 aliphatic heterocycles. The molecule has 0 heterocycles. The van der Waals surface area contributed by atoms with Crippen molar-refractivity contribution in [2.24, 2.45) is 0 Å². The fraction of sp³-hybridized carbons (Fsp3) is 0.684. The Morgan fingerprint density at radius 1 is 1.00 bits per heavy atom. The number of hydrogen-bond donors (Lipinski definition) is 1. The van der Waals surface area contributed by atoms with Gasteiger partial charge in [-0.1, -0.05) is 58.7 Å². The van der Waals surface area contributed by atoms with Crippen LogP contribution >= 0.6 is 0 Å². The van der Waals surface area contributed by atoms with Crippen molar-refractivity contribution in [2.75, 3.05) is 6.54 Å². The third-order valence-electron chi connectivity index (χ3n) is 4.43. The monoisotopic (exact) mass is 275 g/mol. The third kappa shape index (κ3) is 4.34. The Balaban J connectivity index is 3.13. The van der Waals surface area contributed by atoms with Crippen molar-refractivity contribution in [3.63, 3.8) is 0 Å². The summed E-state index contributed by atoms with van der Waals surface area (Å²) in [5, 5.41) is 3.69. The molecule has 1 N–H and O–H groups in total. The van der Waals surface area contributed by atoms with Gasteiger partial charge in [0.1, 0.15) is 0 Å². The molecule has 0 fully saturated rings. The first-order valence-electron chi connectivity index (χ1n) is 8.26. The van der Waals surface area contributed by atoms with Crippen LogP contribution in [-0.4, -0.2) is 12.6 Å². The maximum absolute atomic E-state index is 3.69. The molecule has 0 aliphatic carbocycles. The molecular weight excluding hydrogens is 242 g/mol. The minimum absolute atomic E-state index is 0.298. The molecule has 0 amide bonds. The quantitative estimate of drug-likeness (QED) is 0.692. The van der Waals surface area contributed by atoms with Crippen molar-refractivity contribution in [3.8, 4) is 0 Å². The molecule has 0 unspecified atom stereocenters. The second-order valence-corrected chi connectivity index (χ2v) is 6.61. The largest absolute Gasteiger partial charge is 0.314 e. The van der Waals surface area contributed by atoms with Crippen LogP contribution in [0.4, 0.5) is 0 Å². The maximum Gasteiger partial charge on any atom is 0.00777 e. The van der Waals surface area contributed by atoms with Crippen LogP contribution in [0.2, 0.25) is 0 Å². The summed E-state index contributed by atoms with van der Waals surface area (Å²) < 4.78 is 0. The molecule has 1 nitrogen and oxygen atoms in total. The van der Waals surface area contributed by atoms with Crippen LogP contribution in [0.15, 0.2) is 18.2 Å². The molecule has 0 spiro atoms. The molecule has 0 saturated carbocycles. The Bertz CT molecular complexity index is 400. The van der Waals surface area contributed by atoms with Gasteiger partial charge in [-0.3, -0.25) is 0 Å². The highest BCUT2D eigenvalue weighted by molar-refractivity contribution is 5.35. The summed E-state index contributed by atoms with van der Waals surface area (Å²) in [6.07, 6.45) is 5.02. The lowest BCUT2D eigenvalue weighted by atomic mass is 9.72. The van der Waals surface area contributed by atoms with Crippen LogP contribution in [-0.2, 0) is 5.41 Å². The van der Waals surface area contributed by atoms with Crippen molar-refractivity contribution in [1.82, 2.24) is 5.32 Å². The molecule has 0 saturated heterocycles. The molecule has 0 atom stereocenters. The zero-order valence-corrected chi connectivity index (χ0v) is 14.3. The summed E-state index contributed by atoms with van der Waals surface area (Å²) in [4.78, 5) is 0. The first-order chi connectivity index (χ1) is 9.45. The van der Waals surface area contributed by atoms with E-state index >= 15 is 0 Å². The minimum Gasteiger partial charge on any atom is -0.314 e. The number of benzene rings is 1. The van der Waals surface area contributed by atoms with Gasteiger partial charge in [0.05, 0.1) is 0 Å². The van der Waals surface area contributed by atoms with E-state index in [0.29, 0.717) is 11.5 Å². The van der Waals surface area contributed by atoms with E-state index in [2.05, 4.69) is 65.1 Å². The lowest BCUT2D eigenvalue weighted by molar-refractivity contribution is 0.324. The van der Waals surface area contributed by atoms with Gasteiger partial charge in [-0.25, -0.2) is 0 Å². The van der Waals surface area contributed by atoms with Crippen LogP contribution in [0.25, 0.3) is 0 Å². The molecule has 114 valence electrons. The van der Waals surface area contributed by atoms with Crippen LogP contribution in [0.5, 0.6) is 0 Å². The van der Waals surface area contributed by atoms with Gasteiger partial charge in [0, 0.05) is 18.0 Å². The van der Waals surface area contributed by atoms with Crippen molar-refractivity contribution >= 4 is 0 Å². The summed E-state index contributed by atoms with van der Waals surface area (Å²) in [6, 6.07) is 7.62. The van der Waals surface area contributed by atoms with Crippen LogP contribution in [0.3, 0.4) is 0 Å². The summed E-state index contributed by atoms with van der Waals surface area (Å²) in [7, 11) is 0. The molecular formula is C19H33N. The molecule has 1 rings (SSSR count). The Kier molecular flexibility index (Phi) is 6.75. The number of hydrogen-bond acceptors (Lipinski definition) is 1. The van der Waals surface area contributed by atoms with E-state index < -0.39 is 0 Å². The molecule has 1 heteroatoms. The smallest absolute Gasteiger partial charge is 0.00777 e. The standard InChI is InChI=1S/C19H33N/c1-7-11-19(12-8-2,14-20-15(3)4)18-10-9-16(5)17(6)13-18/h9-10,13,15,20H,7-8,11-12,14H2,1-6H3. The van der Waals surface area contributed by atoms with Crippen LogP contribution in [0, 0.1) is 13.8 Å². The van der Waals surface area contributed by atoms with Gasteiger partial charge in [-0.05, 0) is 43.4 Å². The van der Waals surface area contributed by atoms with E-state index in [9.17, 15) is 0 Å². The van der Waals surface area contributed by atoms with Gasteiger partial charge in [-0.2, -0.15) is 0 Å². The van der Waals surface area contributed by atoms with E-state index in [0.717, 1.165) is 6.54 Å². The van der Waals surface area contributed by atoms with Crippen LogP contribution < -0.4 is 5.32 Å². The Morgan fingerprint density at radius 3 is 2.05 bits per heavy atom. The Morgan fingerprint density at radius 2 is 1.60 bits per heavy atom. The number of rotatable bonds is 8. The Hall–Kier alpha value is -0.820. The highest BCUT2D eigenvalue weighted by Crippen LogP contribution is 2.35. The van der Waals surface area contributed by atoms with Crippen molar-refractivity contribution < 1.29 is 0 Å². The normalized spacial score (nSPS) is 12.2. The third-order valence-corrected chi connectivity index (χ3v) is 4.43.